The molecule has 2 aromatic rings. The number of anilines is 1. The lowest BCUT2D eigenvalue weighted by molar-refractivity contribution is -0.384. The Morgan fingerprint density at radius 2 is 2.24 bits per heavy atom. The van der Waals surface area contributed by atoms with Gasteiger partial charge in [0.1, 0.15) is 5.69 Å². The van der Waals surface area contributed by atoms with E-state index in [-0.39, 0.29) is 28.7 Å². The van der Waals surface area contributed by atoms with E-state index in [9.17, 15) is 19.7 Å². The molecule has 0 saturated carbocycles. The number of rotatable bonds is 5. The fourth-order valence-corrected chi connectivity index (χ4v) is 2.29. The Morgan fingerprint density at radius 3 is 2.81 bits per heavy atom. The molecule has 21 heavy (non-hydrogen) atoms. The van der Waals surface area contributed by atoms with Gasteiger partial charge in [0, 0.05) is 29.8 Å². The number of amides is 1. The quantitative estimate of drug-likeness (QED) is 0.569. The predicted octanol–water partition coefficient (Wildman–Crippen LogP) is 1.32. The van der Waals surface area contributed by atoms with Crippen molar-refractivity contribution in [3.05, 3.63) is 54.6 Å². The standard InChI is InChI=1S/C12H12N4O4S/c1-13-11(17)7-2-3-10(16(19)20)9(4-7)14-5-8-6-21-12(18)15-8/h2-4,6,14H,5H2,1H3,(H,13,17)(H,15,18). The summed E-state index contributed by atoms with van der Waals surface area (Å²) in [6.45, 7) is 0.219. The fourth-order valence-electron chi connectivity index (χ4n) is 1.71. The first kappa shape index (κ1) is 14.7. The third kappa shape index (κ3) is 3.45. The van der Waals surface area contributed by atoms with Crippen molar-refractivity contribution in [2.45, 2.75) is 6.54 Å². The first-order valence-corrected chi connectivity index (χ1v) is 6.80. The summed E-state index contributed by atoms with van der Waals surface area (Å²) in [5.41, 5.74) is 1.00. The lowest BCUT2D eigenvalue weighted by Gasteiger charge is -2.08. The molecule has 1 aromatic carbocycles. The number of thiazole rings is 1. The minimum Gasteiger partial charge on any atom is -0.374 e. The van der Waals surface area contributed by atoms with Crippen LogP contribution >= 0.6 is 11.3 Å². The molecule has 110 valence electrons. The van der Waals surface area contributed by atoms with E-state index >= 15 is 0 Å². The Kier molecular flexibility index (Phi) is 4.33. The molecule has 3 N–H and O–H groups in total. The van der Waals surface area contributed by atoms with Crippen molar-refractivity contribution in [3.8, 4) is 0 Å². The number of hydrogen-bond acceptors (Lipinski definition) is 6. The minimum atomic E-state index is -0.535. The number of H-pyrrole nitrogens is 1. The molecule has 0 saturated heterocycles. The average molecular weight is 308 g/mol. The van der Waals surface area contributed by atoms with Gasteiger partial charge in [0.05, 0.1) is 11.5 Å². The highest BCUT2D eigenvalue weighted by atomic mass is 32.1. The van der Waals surface area contributed by atoms with Crippen LogP contribution in [-0.2, 0) is 6.54 Å². The second kappa shape index (κ2) is 6.18. The highest BCUT2D eigenvalue weighted by Crippen LogP contribution is 2.26. The zero-order chi connectivity index (χ0) is 15.4. The van der Waals surface area contributed by atoms with Crippen LogP contribution in [0, 0.1) is 10.1 Å². The number of carbonyl (C=O) groups is 1. The molecule has 0 aliphatic carbocycles. The van der Waals surface area contributed by atoms with Crippen LogP contribution in [0.1, 0.15) is 16.1 Å². The second-order valence-electron chi connectivity index (χ2n) is 4.10. The van der Waals surface area contributed by atoms with Crippen molar-refractivity contribution in [2.75, 3.05) is 12.4 Å². The van der Waals surface area contributed by atoms with Crippen molar-refractivity contribution in [1.29, 1.82) is 0 Å². The number of aromatic nitrogens is 1. The smallest absolute Gasteiger partial charge is 0.304 e. The van der Waals surface area contributed by atoms with E-state index in [1.807, 2.05) is 0 Å². The predicted molar refractivity (Wildman–Crippen MR) is 78.8 cm³/mol. The van der Waals surface area contributed by atoms with Crippen molar-refractivity contribution in [1.82, 2.24) is 10.3 Å². The Balaban J connectivity index is 2.27. The van der Waals surface area contributed by atoms with E-state index in [2.05, 4.69) is 15.6 Å². The second-order valence-corrected chi connectivity index (χ2v) is 4.94. The van der Waals surface area contributed by atoms with Gasteiger partial charge in [-0.15, -0.1) is 0 Å². The van der Waals surface area contributed by atoms with Gasteiger partial charge in [-0.1, -0.05) is 11.3 Å². The molecule has 9 heteroatoms. The Labute approximate surface area is 123 Å². The zero-order valence-electron chi connectivity index (χ0n) is 11.0. The molecule has 0 fully saturated rings. The number of benzene rings is 1. The van der Waals surface area contributed by atoms with Gasteiger partial charge in [0.15, 0.2) is 0 Å². The maximum Gasteiger partial charge on any atom is 0.304 e. The summed E-state index contributed by atoms with van der Waals surface area (Å²) in [5, 5.41) is 17.9. The molecule has 0 atom stereocenters. The summed E-state index contributed by atoms with van der Waals surface area (Å²) in [6, 6.07) is 4.05. The SMILES string of the molecule is CNC(=O)c1ccc([N+](=O)[O-])c(NCc2csc(=O)[nH]2)c1. The molecular weight excluding hydrogens is 296 g/mol. The molecule has 1 amide bonds. The molecule has 8 nitrogen and oxygen atoms in total. The number of hydrogen-bond donors (Lipinski definition) is 3. The average Bonchev–Trinajstić information content (AvgIpc) is 2.89. The number of nitrogens with zero attached hydrogens (tertiary/aromatic N) is 1. The van der Waals surface area contributed by atoms with Crippen LogP contribution in [0.2, 0.25) is 0 Å². The summed E-state index contributed by atoms with van der Waals surface area (Å²) < 4.78 is 0. The number of carbonyl (C=O) groups excluding carboxylic acids is 1. The fraction of sp³-hybridized carbons (Fsp3) is 0.167. The maximum atomic E-state index is 11.6. The van der Waals surface area contributed by atoms with E-state index in [4.69, 9.17) is 0 Å². The first-order chi connectivity index (χ1) is 10.0. The van der Waals surface area contributed by atoms with Gasteiger partial charge in [-0.05, 0) is 12.1 Å². The Hall–Kier alpha value is -2.68. The van der Waals surface area contributed by atoms with E-state index in [1.165, 1.54) is 25.2 Å². The van der Waals surface area contributed by atoms with E-state index in [0.717, 1.165) is 11.3 Å². The Bertz CT molecular complexity index is 737. The summed E-state index contributed by atoms with van der Waals surface area (Å²) in [4.78, 5) is 35.5. The normalized spacial score (nSPS) is 10.1. The van der Waals surface area contributed by atoms with Crippen molar-refractivity contribution in [2.24, 2.45) is 0 Å². The Morgan fingerprint density at radius 1 is 1.48 bits per heavy atom. The van der Waals surface area contributed by atoms with Crippen LogP contribution in [0.25, 0.3) is 0 Å². The largest absolute Gasteiger partial charge is 0.374 e. The third-order valence-electron chi connectivity index (χ3n) is 2.72. The maximum absolute atomic E-state index is 11.6. The lowest BCUT2D eigenvalue weighted by Crippen LogP contribution is -2.18. The molecule has 1 heterocycles. The van der Waals surface area contributed by atoms with E-state index < -0.39 is 4.92 Å². The highest BCUT2D eigenvalue weighted by molar-refractivity contribution is 7.07. The number of nitro groups is 1. The molecule has 0 spiro atoms. The van der Waals surface area contributed by atoms with Crippen LogP contribution in [0.3, 0.4) is 0 Å². The van der Waals surface area contributed by atoms with Crippen molar-refractivity contribution in [3.63, 3.8) is 0 Å². The molecule has 0 radical (unpaired) electrons. The number of nitrogens with one attached hydrogen (secondary N) is 3. The topological polar surface area (TPSA) is 117 Å². The van der Waals surface area contributed by atoms with Gasteiger partial charge in [-0.2, -0.15) is 0 Å². The molecule has 0 bridgehead atoms. The van der Waals surface area contributed by atoms with Gasteiger partial charge in [-0.3, -0.25) is 19.7 Å². The van der Waals surface area contributed by atoms with Gasteiger partial charge in [-0.25, -0.2) is 0 Å². The summed E-state index contributed by atoms with van der Waals surface area (Å²) in [5.74, 6) is -0.336. The van der Waals surface area contributed by atoms with E-state index in [1.54, 1.807) is 5.38 Å². The molecular formula is C12H12N4O4S. The number of aromatic amines is 1. The molecule has 0 unspecified atom stereocenters. The summed E-state index contributed by atoms with van der Waals surface area (Å²) in [7, 11) is 1.48. The van der Waals surface area contributed by atoms with Gasteiger partial charge in [0.25, 0.3) is 11.6 Å². The zero-order valence-corrected chi connectivity index (χ0v) is 11.8. The monoisotopic (exact) mass is 308 g/mol. The van der Waals surface area contributed by atoms with Crippen LogP contribution in [0.4, 0.5) is 11.4 Å². The minimum absolute atomic E-state index is 0.139. The van der Waals surface area contributed by atoms with Crippen molar-refractivity contribution >= 4 is 28.6 Å². The van der Waals surface area contributed by atoms with Gasteiger partial charge < -0.3 is 15.6 Å². The van der Waals surface area contributed by atoms with Crippen LogP contribution in [0.15, 0.2) is 28.4 Å². The lowest BCUT2D eigenvalue weighted by atomic mass is 10.1. The van der Waals surface area contributed by atoms with Crippen LogP contribution in [-0.4, -0.2) is 22.9 Å². The molecule has 2 rings (SSSR count). The first-order valence-electron chi connectivity index (χ1n) is 5.92. The van der Waals surface area contributed by atoms with Gasteiger partial charge >= 0.3 is 4.87 Å². The van der Waals surface area contributed by atoms with Crippen LogP contribution < -0.4 is 15.5 Å². The third-order valence-corrected chi connectivity index (χ3v) is 3.44. The van der Waals surface area contributed by atoms with Crippen LogP contribution in [0.5, 0.6) is 0 Å². The number of nitro benzene ring substituents is 1. The van der Waals surface area contributed by atoms with Crippen molar-refractivity contribution < 1.29 is 9.72 Å². The molecule has 0 aliphatic heterocycles. The summed E-state index contributed by atoms with van der Waals surface area (Å²) in [6.07, 6.45) is 0. The molecule has 0 aliphatic rings. The molecule has 1 aromatic heterocycles. The highest BCUT2D eigenvalue weighted by Gasteiger charge is 2.16. The van der Waals surface area contributed by atoms with E-state index in [0.29, 0.717) is 11.3 Å². The summed E-state index contributed by atoms with van der Waals surface area (Å²) >= 11 is 1.01. The van der Waals surface area contributed by atoms with Gasteiger partial charge in [0.2, 0.25) is 0 Å².